The summed E-state index contributed by atoms with van der Waals surface area (Å²) in [5, 5.41) is 22.9. The molecule has 0 saturated carbocycles. The van der Waals surface area contributed by atoms with Gasteiger partial charge in [0.15, 0.2) is 0 Å². The monoisotopic (exact) mass is 277 g/mol. The molecule has 2 aliphatic heterocycles. The normalized spacial score (nSPS) is 30.6. The molecule has 0 aromatic carbocycles. The van der Waals surface area contributed by atoms with Gasteiger partial charge >= 0.3 is 0 Å². The molecular formula is C8H10BrN2O2S-. The Labute approximate surface area is 95.4 Å². The summed E-state index contributed by atoms with van der Waals surface area (Å²) in [5.41, 5.74) is 1.05. The molecule has 1 atom stereocenters. The summed E-state index contributed by atoms with van der Waals surface area (Å²) >= 11 is 4.23. The number of fused-ring (bicyclic) bond motifs is 1. The van der Waals surface area contributed by atoms with Crippen molar-refractivity contribution in [1.82, 2.24) is 4.31 Å². The first-order valence-electron chi connectivity index (χ1n) is 4.34. The van der Waals surface area contributed by atoms with E-state index in [1.54, 1.807) is 11.2 Å². The summed E-state index contributed by atoms with van der Waals surface area (Å²) in [6.07, 6.45) is 4.43. The molecule has 1 saturated heterocycles. The van der Waals surface area contributed by atoms with Crippen molar-refractivity contribution >= 4 is 28.1 Å². The van der Waals surface area contributed by atoms with Crippen molar-refractivity contribution in [1.29, 1.82) is 0 Å². The second kappa shape index (κ2) is 3.53. The van der Waals surface area contributed by atoms with E-state index in [-0.39, 0.29) is 0 Å². The molecule has 4 nitrogen and oxygen atoms in total. The van der Waals surface area contributed by atoms with Crippen LogP contribution in [0.25, 0.3) is 0 Å². The minimum atomic E-state index is -1.49. The summed E-state index contributed by atoms with van der Waals surface area (Å²) in [4.78, 5) is 0. The highest BCUT2D eigenvalue weighted by molar-refractivity contribution is 9.11. The largest absolute Gasteiger partial charge is 0.617 e. The van der Waals surface area contributed by atoms with Gasteiger partial charge in [-0.15, -0.1) is 0 Å². The van der Waals surface area contributed by atoms with E-state index in [9.17, 15) is 10.4 Å². The third kappa shape index (κ3) is 1.72. The number of allylic oxidation sites excluding steroid dienone is 2. The predicted molar refractivity (Wildman–Crippen MR) is 60.5 cm³/mol. The van der Waals surface area contributed by atoms with Gasteiger partial charge in [0.25, 0.3) is 0 Å². The SMILES string of the molecule is CC1CC2=C(Br)C=CCN2S[N+]1([O-])[O-]. The molecule has 1 unspecified atom stereocenters. The van der Waals surface area contributed by atoms with Crippen molar-refractivity contribution < 1.29 is 4.21 Å². The Hall–Kier alpha value is -0.0100. The lowest BCUT2D eigenvalue weighted by Crippen LogP contribution is -2.46. The number of nitrogens with zero attached hydrogens (tertiary/aromatic N) is 2. The minimum Gasteiger partial charge on any atom is -0.617 e. The van der Waals surface area contributed by atoms with Gasteiger partial charge in [-0.2, -0.15) is 0 Å². The summed E-state index contributed by atoms with van der Waals surface area (Å²) in [6.45, 7) is 2.32. The molecule has 78 valence electrons. The first-order valence-corrected chi connectivity index (χ1v) is 5.86. The molecule has 2 aliphatic rings. The second-order valence-electron chi connectivity index (χ2n) is 3.43. The van der Waals surface area contributed by atoms with Gasteiger partial charge in [0.1, 0.15) is 6.04 Å². The standard InChI is InChI=1S/C8H10BrN2O2S/c1-6-5-8-7(9)3-2-4-10(8)14-11(6,12)13/h2-3,6H,4-5H2,1H3/q-1. The summed E-state index contributed by atoms with van der Waals surface area (Å²) in [5.74, 6) is 0. The predicted octanol–water partition coefficient (Wildman–Crippen LogP) is 2.63. The highest BCUT2D eigenvalue weighted by Gasteiger charge is 2.34. The number of quaternary nitrogens is 1. The van der Waals surface area contributed by atoms with Crippen LogP contribution in [-0.2, 0) is 0 Å². The Morgan fingerprint density at radius 2 is 2.36 bits per heavy atom. The molecule has 0 radical (unpaired) electrons. The van der Waals surface area contributed by atoms with Crippen molar-refractivity contribution in [2.24, 2.45) is 0 Å². The van der Waals surface area contributed by atoms with E-state index in [0.717, 1.165) is 22.3 Å². The van der Waals surface area contributed by atoms with Crippen LogP contribution in [0.3, 0.4) is 0 Å². The molecule has 1 fully saturated rings. The fourth-order valence-corrected chi connectivity index (χ4v) is 3.08. The van der Waals surface area contributed by atoms with Crippen LogP contribution in [-0.4, -0.2) is 21.1 Å². The van der Waals surface area contributed by atoms with Crippen LogP contribution in [0.15, 0.2) is 22.3 Å². The van der Waals surface area contributed by atoms with E-state index in [1.807, 2.05) is 12.2 Å². The van der Waals surface area contributed by atoms with Crippen molar-refractivity contribution in [2.75, 3.05) is 6.54 Å². The lowest BCUT2D eigenvalue weighted by molar-refractivity contribution is -0.718. The minimum absolute atomic E-state index is 0.440. The van der Waals surface area contributed by atoms with Crippen LogP contribution in [0.2, 0.25) is 0 Å². The maximum Gasteiger partial charge on any atom is 0.202 e. The maximum absolute atomic E-state index is 11.5. The Morgan fingerprint density at radius 1 is 1.64 bits per heavy atom. The number of hydroxylamine groups is 2. The highest BCUT2D eigenvalue weighted by Crippen LogP contribution is 2.42. The van der Waals surface area contributed by atoms with E-state index in [1.165, 1.54) is 0 Å². The fraction of sp³-hybridized carbons (Fsp3) is 0.500. The van der Waals surface area contributed by atoms with Gasteiger partial charge in [0, 0.05) is 16.6 Å². The van der Waals surface area contributed by atoms with E-state index >= 15 is 0 Å². The molecule has 2 rings (SSSR count). The van der Waals surface area contributed by atoms with Crippen LogP contribution in [0.4, 0.5) is 0 Å². The topological polar surface area (TPSA) is 49.4 Å². The Kier molecular flexibility index (Phi) is 2.65. The van der Waals surface area contributed by atoms with Gasteiger partial charge < -0.3 is 14.6 Å². The van der Waals surface area contributed by atoms with Crippen LogP contribution in [0.1, 0.15) is 13.3 Å². The molecule has 6 heteroatoms. The van der Waals surface area contributed by atoms with Gasteiger partial charge in [0.2, 0.25) is 12.1 Å². The molecule has 0 aliphatic carbocycles. The van der Waals surface area contributed by atoms with Crippen LogP contribution >= 0.6 is 28.1 Å². The number of halogens is 1. The van der Waals surface area contributed by atoms with Gasteiger partial charge in [-0.25, -0.2) is 0 Å². The van der Waals surface area contributed by atoms with Crippen molar-refractivity contribution in [3.63, 3.8) is 0 Å². The molecule has 0 amide bonds. The first kappa shape index (κ1) is 10.5. The molecule has 14 heavy (non-hydrogen) atoms. The van der Waals surface area contributed by atoms with Crippen LogP contribution in [0.5, 0.6) is 0 Å². The fourth-order valence-electron chi connectivity index (χ4n) is 1.47. The smallest absolute Gasteiger partial charge is 0.202 e. The zero-order valence-corrected chi connectivity index (χ0v) is 10.0. The lowest BCUT2D eigenvalue weighted by atomic mass is 10.1. The van der Waals surface area contributed by atoms with E-state index in [4.69, 9.17) is 0 Å². The van der Waals surface area contributed by atoms with E-state index in [0.29, 0.717) is 13.0 Å². The molecule has 2 heterocycles. The van der Waals surface area contributed by atoms with Crippen molar-refractivity contribution in [3.8, 4) is 0 Å². The maximum atomic E-state index is 11.5. The van der Waals surface area contributed by atoms with E-state index in [2.05, 4.69) is 15.9 Å². The van der Waals surface area contributed by atoms with Crippen molar-refractivity contribution in [3.05, 3.63) is 32.7 Å². The van der Waals surface area contributed by atoms with Crippen molar-refractivity contribution in [2.45, 2.75) is 19.4 Å². The number of hydrogen-bond donors (Lipinski definition) is 0. The van der Waals surface area contributed by atoms with Gasteiger partial charge in [-0.1, -0.05) is 6.08 Å². The van der Waals surface area contributed by atoms with E-state index < -0.39 is 10.3 Å². The van der Waals surface area contributed by atoms with Gasteiger partial charge in [-0.05, 0) is 28.9 Å². The second-order valence-corrected chi connectivity index (χ2v) is 5.40. The average molecular weight is 278 g/mol. The molecule has 0 aromatic rings. The number of hydrogen-bond acceptors (Lipinski definition) is 4. The quantitative estimate of drug-likeness (QED) is 0.388. The zero-order valence-electron chi connectivity index (χ0n) is 7.64. The highest BCUT2D eigenvalue weighted by atomic mass is 79.9. The molecule has 0 N–H and O–H groups in total. The molecule has 0 spiro atoms. The third-order valence-corrected chi connectivity index (χ3v) is 4.23. The summed E-state index contributed by atoms with van der Waals surface area (Å²) in [6, 6.07) is -0.440. The summed E-state index contributed by atoms with van der Waals surface area (Å²) < 4.78 is 1.25. The number of rotatable bonds is 0. The zero-order chi connectivity index (χ0) is 10.3. The van der Waals surface area contributed by atoms with Crippen LogP contribution in [0, 0.1) is 10.4 Å². The molecular weight excluding hydrogens is 268 g/mol. The summed E-state index contributed by atoms with van der Waals surface area (Å²) in [7, 11) is 0. The lowest BCUT2D eigenvalue weighted by Gasteiger charge is -2.54. The molecule has 0 bridgehead atoms. The first-order chi connectivity index (χ1) is 6.50. The molecule has 0 aromatic heterocycles. The van der Waals surface area contributed by atoms with Crippen LogP contribution < -0.4 is 0 Å². The Morgan fingerprint density at radius 3 is 3.07 bits per heavy atom. The Balaban J connectivity index is 2.28. The van der Waals surface area contributed by atoms with Gasteiger partial charge in [0.05, 0.1) is 6.54 Å². The van der Waals surface area contributed by atoms with Gasteiger partial charge in [-0.3, -0.25) is 4.31 Å². The Bertz CT molecular complexity index is 316. The third-order valence-electron chi connectivity index (χ3n) is 2.35. The average Bonchev–Trinajstić information content (AvgIpc) is 2.08.